The standard InChI is InChI=1S/C12H22N2O2S/c1-3-6-13-12(16)10-5-4-7-14(8-10)11(15)9-17-2/h10H,3-9H2,1-2H3,(H,13,16)/t10-/m1/s1. The molecule has 2 amide bonds. The van der Waals surface area contributed by atoms with E-state index in [9.17, 15) is 9.59 Å². The summed E-state index contributed by atoms with van der Waals surface area (Å²) in [5.41, 5.74) is 0. The molecule has 1 N–H and O–H groups in total. The Balaban J connectivity index is 2.42. The number of carbonyl (C=O) groups is 2. The minimum atomic E-state index is -0.0129. The number of nitrogens with one attached hydrogen (secondary N) is 1. The van der Waals surface area contributed by atoms with Gasteiger partial charge in [0.15, 0.2) is 0 Å². The Hall–Kier alpha value is -0.710. The molecule has 0 aromatic heterocycles. The average Bonchev–Trinajstić information content (AvgIpc) is 2.36. The Morgan fingerprint density at radius 1 is 1.47 bits per heavy atom. The lowest BCUT2D eigenvalue weighted by Gasteiger charge is -2.32. The molecular formula is C12H22N2O2S. The number of hydrogen-bond donors (Lipinski definition) is 1. The minimum absolute atomic E-state index is 0.0129. The molecule has 4 nitrogen and oxygen atoms in total. The largest absolute Gasteiger partial charge is 0.356 e. The van der Waals surface area contributed by atoms with Gasteiger partial charge in [-0.1, -0.05) is 6.92 Å². The van der Waals surface area contributed by atoms with E-state index >= 15 is 0 Å². The van der Waals surface area contributed by atoms with Gasteiger partial charge in [0.2, 0.25) is 11.8 Å². The predicted molar refractivity (Wildman–Crippen MR) is 71.0 cm³/mol. The Kier molecular flexibility index (Phi) is 6.40. The lowest BCUT2D eigenvalue weighted by molar-refractivity contribution is -0.133. The fourth-order valence-corrected chi connectivity index (χ4v) is 2.45. The van der Waals surface area contributed by atoms with Gasteiger partial charge < -0.3 is 10.2 Å². The van der Waals surface area contributed by atoms with Gasteiger partial charge in [0.25, 0.3) is 0 Å². The van der Waals surface area contributed by atoms with Gasteiger partial charge >= 0.3 is 0 Å². The van der Waals surface area contributed by atoms with E-state index in [1.54, 1.807) is 0 Å². The van der Waals surface area contributed by atoms with Crippen molar-refractivity contribution in [1.82, 2.24) is 10.2 Å². The molecule has 0 aromatic rings. The molecule has 0 radical (unpaired) electrons. The van der Waals surface area contributed by atoms with E-state index in [2.05, 4.69) is 5.32 Å². The van der Waals surface area contributed by atoms with Crippen molar-refractivity contribution < 1.29 is 9.59 Å². The Labute approximate surface area is 108 Å². The van der Waals surface area contributed by atoms with E-state index in [0.29, 0.717) is 12.3 Å². The second kappa shape index (κ2) is 7.58. The molecule has 0 spiro atoms. The maximum Gasteiger partial charge on any atom is 0.232 e. The van der Waals surface area contributed by atoms with Crippen LogP contribution in [0.2, 0.25) is 0 Å². The topological polar surface area (TPSA) is 49.4 Å². The van der Waals surface area contributed by atoms with Crippen LogP contribution in [0.5, 0.6) is 0 Å². The Morgan fingerprint density at radius 3 is 2.88 bits per heavy atom. The molecule has 17 heavy (non-hydrogen) atoms. The number of carbonyl (C=O) groups excluding carboxylic acids is 2. The summed E-state index contributed by atoms with van der Waals surface area (Å²) in [7, 11) is 0. The molecule has 1 saturated heterocycles. The van der Waals surface area contributed by atoms with Crippen LogP contribution in [0.1, 0.15) is 26.2 Å². The van der Waals surface area contributed by atoms with Crippen LogP contribution in [-0.2, 0) is 9.59 Å². The molecule has 1 atom stereocenters. The molecule has 0 aliphatic carbocycles. The monoisotopic (exact) mass is 258 g/mol. The van der Waals surface area contributed by atoms with Crippen LogP contribution < -0.4 is 5.32 Å². The van der Waals surface area contributed by atoms with Crippen LogP contribution in [0, 0.1) is 5.92 Å². The van der Waals surface area contributed by atoms with Crippen LogP contribution >= 0.6 is 11.8 Å². The zero-order valence-electron chi connectivity index (χ0n) is 10.7. The summed E-state index contributed by atoms with van der Waals surface area (Å²) in [6.07, 6.45) is 4.71. The summed E-state index contributed by atoms with van der Waals surface area (Å²) in [6, 6.07) is 0. The summed E-state index contributed by atoms with van der Waals surface area (Å²) in [6.45, 7) is 4.16. The number of thioether (sulfide) groups is 1. The molecule has 1 aliphatic heterocycles. The third-order valence-corrected chi connectivity index (χ3v) is 3.50. The van der Waals surface area contributed by atoms with Gasteiger partial charge in [-0.25, -0.2) is 0 Å². The van der Waals surface area contributed by atoms with E-state index in [-0.39, 0.29) is 17.7 Å². The van der Waals surface area contributed by atoms with Gasteiger partial charge in [-0.2, -0.15) is 11.8 Å². The predicted octanol–water partition coefficient (Wildman–Crippen LogP) is 1.11. The first kappa shape index (κ1) is 14.4. The SMILES string of the molecule is CCCNC(=O)[C@@H]1CCCN(C(=O)CSC)C1. The van der Waals surface area contributed by atoms with Crippen molar-refractivity contribution in [3.8, 4) is 0 Å². The van der Waals surface area contributed by atoms with Crippen molar-refractivity contribution in [3.63, 3.8) is 0 Å². The first-order valence-electron chi connectivity index (χ1n) is 6.23. The highest BCUT2D eigenvalue weighted by molar-refractivity contribution is 7.99. The van der Waals surface area contributed by atoms with Gasteiger partial charge in [0.1, 0.15) is 0 Å². The van der Waals surface area contributed by atoms with Gasteiger partial charge in [0.05, 0.1) is 11.7 Å². The van der Waals surface area contributed by atoms with Crippen LogP contribution in [-0.4, -0.2) is 48.4 Å². The molecule has 1 rings (SSSR count). The molecule has 1 aliphatic rings. The number of hydrogen-bond acceptors (Lipinski definition) is 3. The normalized spacial score (nSPS) is 20.1. The van der Waals surface area contributed by atoms with Crippen LogP contribution in [0.15, 0.2) is 0 Å². The summed E-state index contributed by atoms with van der Waals surface area (Å²) < 4.78 is 0. The van der Waals surface area contributed by atoms with Crippen molar-refractivity contribution in [2.24, 2.45) is 5.92 Å². The van der Waals surface area contributed by atoms with Crippen molar-refractivity contribution in [2.45, 2.75) is 26.2 Å². The van der Waals surface area contributed by atoms with E-state index in [1.807, 2.05) is 18.1 Å². The molecule has 0 aromatic carbocycles. The molecule has 0 unspecified atom stereocenters. The van der Waals surface area contributed by atoms with Crippen molar-refractivity contribution in [1.29, 1.82) is 0 Å². The van der Waals surface area contributed by atoms with E-state index < -0.39 is 0 Å². The molecule has 0 bridgehead atoms. The zero-order valence-corrected chi connectivity index (χ0v) is 11.5. The van der Waals surface area contributed by atoms with Gasteiger partial charge in [-0.05, 0) is 25.5 Å². The van der Waals surface area contributed by atoms with Crippen LogP contribution in [0.3, 0.4) is 0 Å². The van der Waals surface area contributed by atoms with Crippen LogP contribution in [0.25, 0.3) is 0 Å². The molecule has 1 heterocycles. The van der Waals surface area contributed by atoms with Crippen molar-refractivity contribution >= 4 is 23.6 Å². The lowest BCUT2D eigenvalue weighted by atomic mass is 9.97. The smallest absolute Gasteiger partial charge is 0.232 e. The molecular weight excluding hydrogens is 236 g/mol. The van der Waals surface area contributed by atoms with Gasteiger partial charge in [0, 0.05) is 19.6 Å². The van der Waals surface area contributed by atoms with Crippen molar-refractivity contribution in [3.05, 3.63) is 0 Å². The second-order valence-electron chi connectivity index (χ2n) is 4.40. The summed E-state index contributed by atoms with van der Waals surface area (Å²) >= 11 is 1.54. The number of nitrogens with zero attached hydrogens (tertiary/aromatic N) is 1. The highest BCUT2D eigenvalue weighted by Crippen LogP contribution is 2.17. The first-order valence-corrected chi connectivity index (χ1v) is 7.62. The van der Waals surface area contributed by atoms with Crippen molar-refractivity contribution in [2.75, 3.05) is 31.6 Å². The summed E-state index contributed by atoms with van der Waals surface area (Å²) in [4.78, 5) is 25.4. The summed E-state index contributed by atoms with van der Waals surface area (Å²) in [5.74, 6) is 0.767. The Morgan fingerprint density at radius 2 is 2.24 bits per heavy atom. The number of amides is 2. The quantitative estimate of drug-likeness (QED) is 0.804. The minimum Gasteiger partial charge on any atom is -0.356 e. The third-order valence-electron chi connectivity index (χ3n) is 2.96. The maximum absolute atomic E-state index is 11.8. The third kappa shape index (κ3) is 4.58. The molecule has 1 fully saturated rings. The maximum atomic E-state index is 11.8. The second-order valence-corrected chi connectivity index (χ2v) is 5.27. The van der Waals surface area contributed by atoms with Gasteiger partial charge in [-0.3, -0.25) is 9.59 Å². The highest BCUT2D eigenvalue weighted by Gasteiger charge is 2.27. The first-order chi connectivity index (χ1) is 8.19. The lowest BCUT2D eigenvalue weighted by Crippen LogP contribution is -2.46. The zero-order chi connectivity index (χ0) is 12.7. The fourth-order valence-electron chi connectivity index (χ4n) is 2.02. The summed E-state index contributed by atoms with van der Waals surface area (Å²) in [5, 5.41) is 2.91. The van der Waals surface area contributed by atoms with E-state index in [4.69, 9.17) is 0 Å². The fraction of sp³-hybridized carbons (Fsp3) is 0.833. The number of likely N-dealkylation sites (tertiary alicyclic amines) is 1. The number of piperidine rings is 1. The molecule has 98 valence electrons. The van der Waals surface area contributed by atoms with E-state index in [0.717, 1.165) is 32.4 Å². The Bertz CT molecular complexity index is 271. The van der Waals surface area contributed by atoms with Gasteiger partial charge in [-0.15, -0.1) is 0 Å². The molecule has 0 saturated carbocycles. The average molecular weight is 258 g/mol. The number of rotatable bonds is 5. The van der Waals surface area contributed by atoms with Crippen LogP contribution in [0.4, 0.5) is 0 Å². The van der Waals surface area contributed by atoms with E-state index in [1.165, 1.54) is 11.8 Å². The highest BCUT2D eigenvalue weighted by atomic mass is 32.2. The molecule has 5 heteroatoms.